The number of para-hydroxylation sites is 1. The van der Waals surface area contributed by atoms with Crippen LogP contribution in [0.3, 0.4) is 0 Å². The molecule has 4 nitrogen and oxygen atoms in total. The van der Waals surface area contributed by atoms with Crippen molar-refractivity contribution in [3.63, 3.8) is 0 Å². The molecule has 3 aromatic rings. The lowest BCUT2D eigenvalue weighted by Crippen LogP contribution is -2.06. The van der Waals surface area contributed by atoms with E-state index in [-0.39, 0.29) is 18.1 Å². The molecule has 2 aromatic carbocycles. The number of hydrogen-bond acceptors (Lipinski definition) is 3. The summed E-state index contributed by atoms with van der Waals surface area (Å²) in [6.07, 6.45) is 0. The fourth-order valence-electron chi connectivity index (χ4n) is 1.96. The highest BCUT2D eigenvalue weighted by Crippen LogP contribution is 2.16. The Bertz CT molecular complexity index is 767. The molecule has 0 aliphatic heterocycles. The summed E-state index contributed by atoms with van der Waals surface area (Å²) in [5.41, 5.74) is 1.60. The minimum absolute atomic E-state index is 0.0117. The molecular weight excluding hydrogens is 259 g/mol. The van der Waals surface area contributed by atoms with Crippen molar-refractivity contribution in [3.8, 4) is 0 Å². The van der Waals surface area contributed by atoms with Crippen LogP contribution in [0.2, 0.25) is 0 Å². The average Bonchev–Trinajstić information content (AvgIpc) is 2.89. The van der Waals surface area contributed by atoms with Gasteiger partial charge in [-0.25, -0.2) is 9.18 Å². The maximum Gasteiger partial charge on any atom is 0.359 e. The maximum absolute atomic E-state index is 13.0. The predicted octanol–water partition coefficient (Wildman–Crippen LogP) is 3.06. The molecule has 0 amide bonds. The minimum atomic E-state index is -0.535. The molecule has 0 atom stereocenters. The third-order valence-electron chi connectivity index (χ3n) is 2.92. The van der Waals surface area contributed by atoms with Gasteiger partial charge in [-0.3, -0.25) is 5.10 Å². The van der Waals surface area contributed by atoms with E-state index in [9.17, 15) is 9.18 Å². The molecule has 5 heteroatoms. The summed E-state index contributed by atoms with van der Waals surface area (Å²) in [7, 11) is 0. The average molecular weight is 270 g/mol. The predicted molar refractivity (Wildman–Crippen MR) is 71.6 cm³/mol. The first-order valence-electron chi connectivity index (χ1n) is 6.09. The van der Waals surface area contributed by atoms with E-state index in [4.69, 9.17) is 4.74 Å². The summed E-state index contributed by atoms with van der Waals surface area (Å²) < 4.78 is 18.2. The summed E-state index contributed by atoms with van der Waals surface area (Å²) in [5, 5.41) is 7.42. The number of esters is 1. The van der Waals surface area contributed by atoms with Gasteiger partial charge in [0.15, 0.2) is 5.69 Å². The van der Waals surface area contributed by atoms with Crippen molar-refractivity contribution in [3.05, 3.63) is 65.6 Å². The van der Waals surface area contributed by atoms with Crippen LogP contribution in [0.4, 0.5) is 4.39 Å². The fourth-order valence-corrected chi connectivity index (χ4v) is 1.96. The maximum atomic E-state index is 13.0. The molecule has 3 rings (SSSR count). The lowest BCUT2D eigenvalue weighted by molar-refractivity contribution is 0.0467. The second kappa shape index (κ2) is 5.13. The van der Waals surface area contributed by atoms with Crippen LogP contribution in [0.1, 0.15) is 16.1 Å². The van der Waals surface area contributed by atoms with Crippen molar-refractivity contribution < 1.29 is 13.9 Å². The number of carbonyl (C=O) groups is 1. The number of benzene rings is 2. The lowest BCUT2D eigenvalue weighted by Gasteiger charge is -2.03. The number of halogens is 1. The molecule has 1 N–H and O–H groups in total. The topological polar surface area (TPSA) is 55.0 Å². The largest absolute Gasteiger partial charge is 0.456 e. The summed E-state index contributed by atoms with van der Waals surface area (Å²) in [6.45, 7) is 0.0117. The second-order valence-electron chi connectivity index (χ2n) is 4.32. The summed E-state index contributed by atoms with van der Waals surface area (Å²) in [4.78, 5) is 12.0. The van der Waals surface area contributed by atoms with Crippen LogP contribution in [-0.2, 0) is 11.3 Å². The van der Waals surface area contributed by atoms with E-state index in [1.54, 1.807) is 18.2 Å². The summed E-state index contributed by atoms with van der Waals surface area (Å²) >= 11 is 0. The van der Waals surface area contributed by atoms with Gasteiger partial charge in [-0.15, -0.1) is 0 Å². The highest BCUT2D eigenvalue weighted by Gasteiger charge is 2.15. The number of aromatic amines is 1. The molecular formula is C15H11FN2O2. The normalized spacial score (nSPS) is 10.7. The van der Waals surface area contributed by atoms with Crippen LogP contribution >= 0.6 is 0 Å². The number of fused-ring (bicyclic) bond motifs is 1. The van der Waals surface area contributed by atoms with Crippen molar-refractivity contribution in [2.75, 3.05) is 0 Å². The van der Waals surface area contributed by atoms with Crippen LogP contribution < -0.4 is 0 Å². The van der Waals surface area contributed by atoms with E-state index >= 15 is 0 Å². The molecule has 0 aliphatic carbocycles. The first-order chi connectivity index (χ1) is 9.74. The standard InChI is InChI=1S/C15H11FN2O2/c16-11-5-3-4-10(8-11)9-20-15(19)14-12-6-1-2-7-13(12)17-18-14/h1-8H,9H2,(H,17,18). The van der Waals surface area contributed by atoms with Crippen molar-refractivity contribution in [1.82, 2.24) is 10.2 Å². The van der Waals surface area contributed by atoms with Gasteiger partial charge in [0, 0.05) is 5.39 Å². The molecule has 0 saturated heterocycles. The van der Waals surface area contributed by atoms with Crippen LogP contribution in [0.15, 0.2) is 48.5 Å². The number of ether oxygens (including phenoxy) is 1. The van der Waals surface area contributed by atoms with E-state index in [2.05, 4.69) is 10.2 Å². The number of carbonyl (C=O) groups excluding carboxylic acids is 1. The van der Waals surface area contributed by atoms with Gasteiger partial charge < -0.3 is 4.74 Å². The van der Waals surface area contributed by atoms with Crippen LogP contribution in [0, 0.1) is 5.82 Å². The Morgan fingerprint density at radius 2 is 2.05 bits per heavy atom. The van der Waals surface area contributed by atoms with Crippen molar-refractivity contribution >= 4 is 16.9 Å². The van der Waals surface area contributed by atoms with Crippen molar-refractivity contribution in [1.29, 1.82) is 0 Å². The van der Waals surface area contributed by atoms with Gasteiger partial charge in [0.2, 0.25) is 0 Å². The SMILES string of the molecule is O=C(OCc1cccc(F)c1)c1n[nH]c2ccccc12. The Morgan fingerprint density at radius 3 is 2.90 bits per heavy atom. The first kappa shape index (κ1) is 12.3. The third-order valence-corrected chi connectivity index (χ3v) is 2.92. The first-order valence-corrected chi connectivity index (χ1v) is 6.09. The van der Waals surface area contributed by atoms with E-state index in [0.717, 1.165) is 5.52 Å². The smallest absolute Gasteiger partial charge is 0.359 e. The van der Waals surface area contributed by atoms with Crippen LogP contribution in [-0.4, -0.2) is 16.2 Å². The Morgan fingerprint density at radius 1 is 1.20 bits per heavy atom. The van der Waals surface area contributed by atoms with E-state index in [0.29, 0.717) is 10.9 Å². The lowest BCUT2D eigenvalue weighted by atomic mass is 10.2. The molecule has 20 heavy (non-hydrogen) atoms. The zero-order valence-electron chi connectivity index (χ0n) is 10.5. The number of rotatable bonds is 3. The molecule has 100 valence electrons. The third kappa shape index (κ3) is 2.38. The van der Waals surface area contributed by atoms with E-state index in [1.165, 1.54) is 12.1 Å². The number of nitrogens with zero attached hydrogens (tertiary/aromatic N) is 1. The van der Waals surface area contributed by atoms with Gasteiger partial charge in [-0.05, 0) is 23.8 Å². The summed E-state index contributed by atoms with van der Waals surface area (Å²) in [6, 6.07) is 13.2. The summed E-state index contributed by atoms with van der Waals surface area (Å²) in [5.74, 6) is -0.893. The van der Waals surface area contributed by atoms with Crippen LogP contribution in [0.25, 0.3) is 10.9 Å². The molecule has 0 fully saturated rings. The monoisotopic (exact) mass is 270 g/mol. The Kier molecular flexibility index (Phi) is 3.16. The quantitative estimate of drug-likeness (QED) is 0.744. The second-order valence-corrected chi connectivity index (χ2v) is 4.32. The van der Waals surface area contributed by atoms with Gasteiger partial charge in [0.05, 0.1) is 5.52 Å². The van der Waals surface area contributed by atoms with Gasteiger partial charge in [-0.2, -0.15) is 5.10 Å². The zero-order chi connectivity index (χ0) is 13.9. The van der Waals surface area contributed by atoms with Gasteiger partial charge in [0.1, 0.15) is 12.4 Å². The number of hydrogen-bond donors (Lipinski definition) is 1. The molecule has 0 spiro atoms. The van der Waals surface area contributed by atoms with Gasteiger partial charge in [0.25, 0.3) is 0 Å². The molecule has 0 bridgehead atoms. The van der Waals surface area contributed by atoms with Crippen molar-refractivity contribution in [2.45, 2.75) is 6.61 Å². The molecule has 1 heterocycles. The molecule has 0 unspecified atom stereocenters. The fraction of sp³-hybridized carbons (Fsp3) is 0.0667. The van der Waals surface area contributed by atoms with E-state index in [1.807, 2.05) is 18.2 Å². The van der Waals surface area contributed by atoms with Crippen molar-refractivity contribution in [2.24, 2.45) is 0 Å². The van der Waals surface area contributed by atoms with Gasteiger partial charge in [-0.1, -0.05) is 30.3 Å². The molecule has 0 aliphatic rings. The highest BCUT2D eigenvalue weighted by molar-refractivity contribution is 6.01. The van der Waals surface area contributed by atoms with Crippen LogP contribution in [0.5, 0.6) is 0 Å². The Hall–Kier alpha value is -2.69. The number of aromatic nitrogens is 2. The Labute approximate surface area is 114 Å². The van der Waals surface area contributed by atoms with Gasteiger partial charge >= 0.3 is 5.97 Å². The zero-order valence-corrected chi connectivity index (χ0v) is 10.5. The Balaban J connectivity index is 1.76. The van der Waals surface area contributed by atoms with E-state index < -0.39 is 5.97 Å². The molecule has 1 aromatic heterocycles. The minimum Gasteiger partial charge on any atom is -0.456 e. The molecule has 0 radical (unpaired) electrons. The number of H-pyrrole nitrogens is 1. The highest BCUT2D eigenvalue weighted by atomic mass is 19.1. The number of nitrogens with one attached hydrogen (secondary N) is 1. The molecule has 0 saturated carbocycles.